The topological polar surface area (TPSA) is 28.2 Å². The monoisotopic (exact) mass is 265 g/mol. The Bertz CT molecular complexity index is 384. The molecular weight excluding hydrogens is 242 g/mol. The van der Waals surface area contributed by atoms with E-state index in [0.29, 0.717) is 0 Å². The molecule has 2 aliphatic rings. The van der Waals surface area contributed by atoms with E-state index in [1.807, 2.05) is 11.3 Å². The summed E-state index contributed by atoms with van der Waals surface area (Å²) in [6.07, 6.45) is 5.43. The van der Waals surface area contributed by atoms with Crippen molar-refractivity contribution in [3.05, 3.63) is 10.6 Å². The lowest BCUT2D eigenvalue weighted by Gasteiger charge is -2.32. The van der Waals surface area contributed by atoms with E-state index in [0.717, 1.165) is 25.0 Å². The fourth-order valence-corrected chi connectivity index (χ4v) is 3.48. The van der Waals surface area contributed by atoms with Crippen molar-refractivity contribution in [1.82, 2.24) is 10.3 Å². The lowest BCUT2D eigenvalue weighted by molar-refractivity contribution is 0.408. The first-order valence-corrected chi connectivity index (χ1v) is 7.96. The predicted octanol–water partition coefficient (Wildman–Crippen LogP) is 2.73. The van der Waals surface area contributed by atoms with Crippen molar-refractivity contribution in [3.8, 4) is 0 Å². The van der Waals surface area contributed by atoms with E-state index < -0.39 is 0 Å². The average molecular weight is 265 g/mol. The van der Waals surface area contributed by atoms with Crippen molar-refractivity contribution >= 4 is 16.5 Å². The van der Waals surface area contributed by atoms with Crippen LogP contribution in [0.25, 0.3) is 0 Å². The van der Waals surface area contributed by atoms with Gasteiger partial charge in [0.05, 0.1) is 5.69 Å². The van der Waals surface area contributed by atoms with Crippen molar-refractivity contribution < 1.29 is 0 Å². The maximum absolute atomic E-state index is 4.67. The highest BCUT2D eigenvalue weighted by Crippen LogP contribution is 2.29. The second-order valence-corrected chi connectivity index (χ2v) is 6.93. The van der Waals surface area contributed by atoms with Gasteiger partial charge in [-0.2, -0.15) is 0 Å². The van der Waals surface area contributed by atoms with E-state index in [1.54, 1.807) is 0 Å². The van der Waals surface area contributed by atoms with E-state index in [1.165, 1.54) is 47.9 Å². The van der Waals surface area contributed by atoms with Gasteiger partial charge in [-0.15, -0.1) is 11.3 Å². The van der Waals surface area contributed by atoms with Crippen molar-refractivity contribution in [2.75, 3.05) is 24.5 Å². The molecule has 1 saturated heterocycles. The molecule has 0 unspecified atom stereocenters. The standard InChI is InChI=1S/C14H23N3S/c1-10-11(2)18-14(16-10)17-7-5-13(6-8-17)15-9-12-3-4-12/h12-13,15H,3-9H2,1-2H3. The van der Waals surface area contributed by atoms with E-state index in [-0.39, 0.29) is 0 Å². The Hall–Kier alpha value is -0.610. The molecule has 100 valence electrons. The molecule has 0 amide bonds. The molecule has 2 heterocycles. The van der Waals surface area contributed by atoms with E-state index in [9.17, 15) is 0 Å². The van der Waals surface area contributed by atoms with Crippen LogP contribution in [0.4, 0.5) is 5.13 Å². The van der Waals surface area contributed by atoms with Gasteiger partial charge in [-0.1, -0.05) is 0 Å². The SMILES string of the molecule is Cc1nc(N2CCC(NCC3CC3)CC2)sc1C. The van der Waals surface area contributed by atoms with Crippen molar-refractivity contribution in [3.63, 3.8) is 0 Å². The molecule has 18 heavy (non-hydrogen) atoms. The fourth-order valence-electron chi connectivity index (χ4n) is 2.52. The molecule has 0 bridgehead atoms. The van der Waals surface area contributed by atoms with Crippen LogP contribution >= 0.6 is 11.3 Å². The minimum Gasteiger partial charge on any atom is -0.348 e. The maximum Gasteiger partial charge on any atom is 0.185 e. The summed E-state index contributed by atoms with van der Waals surface area (Å²) in [5, 5.41) is 4.96. The number of hydrogen-bond donors (Lipinski definition) is 1. The van der Waals surface area contributed by atoms with Crippen LogP contribution in [0.3, 0.4) is 0 Å². The summed E-state index contributed by atoms with van der Waals surface area (Å²) in [7, 11) is 0. The molecule has 0 aromatic carbocycles. The second kappa shape index (κ2) is 5.17. The number of nitrogens with zero attached hydrogens (tertiary/aromatic N) is 2. The maximum atomic E-state index is 4.67. The first kappa shape index (κ1) is 12.4. The highest BCUT2D eigenvalue weighted by Gasteiger charge is 2.25. The van der Waals surface area contributed by atoms with Crippen LogP contribution in [0.5, 0.6) is 0 Å². The molecule has 1 aliphatic heterocycles. The number of rotatable bonds is 4. The zero-order valence-electron chi connectivity index (χ0n) is 11.4. The Balaban J connectivity index is 1.49. The Morgan fingerprint density at radius 2 is 1.94 bits per heavy atom. The minimum absolute atomic E-state index is 0.740. The summed E-state index contributed by atoms with van der Waals surface area (Å²) in [5.74, 6) is 0.993. The third kappa shape index (κ3) is 2.86. The van der Waals surface area contributed by atoms with Gasteiger partial charge >= 0.3 is 0 Å². The summed E-state index contributed by atoms with van der Waals surface area (Å²) in [5.41, 5.74) is 1.20. The summed E-state index contributed by atoms with van der Waals surface area (Å²) in [6.45, 7) is 7.85. The van der Waals surface area contributed by atoms with Gasteiger partial charge in [0.1, 0.15) is 0 Å². The highest BCUT2D eigenvalue weighted by molar-refractivity contribution is 7.15. The second-order valence-electron chi connectivity index (χ2n) is 5.75. The van der Waals surface area contributed by atoms with Crippen LogP contribution < -0.4 is 10.2 Å². The van der Waals surface area contributed by atoms with Gasteiger partial charge in [0.25, 0.3) is 0 Å². The summed E-state index contributed by atoms with van der Waals surface area (Å²) < 4.78 is 0. The Morgan fingerprint density at radius 3 is 2.50 bits per heavy atom. The van der Waals surface area contributed by atoms with Crippen LogP contribution in [0.1, 0.15) is 36.3 Å². The predicted molar refractivity (Wildman–Crippen MR) is 77.5 cm³/mol. The molecular formula is C14H23N3S. The van der Waals surface area contributed by atoms with Crippen LogP contribution in [-0.4, -0.2) is 30.7 Å². The number of piperidine rings is 1. The number of nitrogens with one attached hydrogen (secondary N) is 1. The van der Waals surface area contributed by atoms with Crippen molar-refractivity contribution in [2.45, 2.75) is 45.6 Å². The Kier molecular flexibility index (Phi) is 3.57. The molecule has 0 atom stereocenters. The summed E-state index contributed by atoms with van der Waals surface area (Å²) in [6, 6.07) is 0.740. The minimum atomic E-state index is 0.740. The molecule has 1 aromatic heterocycles. The lowest BCUT2D eigenvalue weighted by Crippen LogP contribution is -2.43. The summed E-state index contributed by atoms with van der Waals surface area (Å²) in [4.78, 5) is 8.49. The third-order valence-electron chi connectivity index (χ3n) is 4.17. The first-order valence-electron chi connectivity index (χ1n) is 7.14. The van der Waals surface area contributed by atoms with Gasteiger partial charge in [-0.3, -0.25) is 0 Å². The zero-order valence-corrected chi connectivity index (χ0v) is 12.2. The van der Waals surface area contributed by atoms with Gasteiger partial charge in [0.15, 0.2) is 5.13 Å². The molecule has 3 rings (SSSR count). The number of aromatic nitrogens is 1. The molecule has 0 spiro atoms. The van der Waals surface area contributed by atoms with Gasteiger partial charge in [0, 0.05) is 24.0 Å². The summed E-state index contributed by atoms with van der Waals surface area (Å²) >= 11 is 1.84. The molecule has 3 nitrogen and oxygen atoms in total. The lowest BCUT2D eigenvalue weighted by atomic mass is 10.1. The fraction of sp³-hybridized carbons (Fsp3) is 0.786. The van der Waals surface area contributed by atoms with Crippen molar-refractivity contribution in [2.24, 2.45) is 5.92 Å². The average Bonchev–Trinajstić information content (AvgIpc) is 3.14. The molecule has 1 N–H and O–H groups in total. The van der Waals surface area contributed by atoms with Crippen LogP contribution in [0.2, 0.25) is 0 Å². The Labute approximate surface area is 114 Å². The smallest absolute Gasteiger partial charge is 0.185 e. The van der Waals surface area contributed by atoms with Gasteiger partial charge in [-0.25, -0.2) is 4.98 Å². The van der Waals surface area contributed by atoms with E-state index in [2.05, 4.69) is 29.0 Å². The normalized spacial score (nSPS) is 21.6. The highest BCUT2D eigenvalue weighted by atomic mass is 32.1. The first-order chi connectivity index (χ1) is 8.72. The number of thiazole rings is 1. The Morgan fingerprint density at radius 1 is 1.22 bits per heavy atom. The molecule has 1 aliphatic carbocycles. The zero-order chi connectivity index (χ0) is 12.5. The van der Waals surface area contributed by atoms with Gasteiger partial charge < -0.3 is 10.2 Å². The number of anilines is 1. The molecule has 1 saturated carbocycles. The molecule has 2 fully saturated rings. The third-order valence-corrected chi connectivity index (χ3v) is 5.31. The number of aryl methyl sites for hydroxylation is 2. The van der Waals surface area contributed by atoms with Crippen LogP contribution in [0, 0.1) is 19.8 Å². The molecule has 1 aromatic rings. The quantitative estimate of drug-likeness (QED) is 0.907. The van der Waals surface area contributed by atoms with E-state index in [4.69, 9.17) is 0 Å². The van der Waals surface area contributed by atoms with Gasteiger partial charge in [0.2, 0.25) is 0 Å². The van der Waals surface area contributed by atoms with Crippen molar-refractivity contribution in [1.29, 1.82) is 0 Å². The van der Waals surface area contributed by atoms with E-state index >= 15 is 0 Å². The number of hydrogen-bond acceptors (Lipinski definition) is 4. The van der Waals surface area contributed by atoms with Crippen LogP contribution in [0.15, 0.2) is 0 Å². The molecule has 4 heteroatoms. The largest absolute Gasteiger partial charge is 0.348 e. The molecule has 0 radical (unpaired) electrons. The van der Waals surface area contributed by atoms with Gasteiger partial charge in [-0.05, 0) is 52.0 Å². The van der Waals surface area contributed by atoms with Crippen LogP contribution in [-0.2, 0) is 0 Å².